The predicted molar refractivity (Wildman–Crippen MR) is 96.8 cm³/mol. The van der Waals surface area contributed by atoms with E-state index in [2.05, 4.69) is 28.4 Å². The Kier molecular flexibility index (Phi) is 5.77. The molecule has 0 aliphatic carbocycles. The SMILES string of the molecule is CC.CC(=O)N1CCN(c2ccc3c(c2)CCC(=S)N3)CC1. The van der Waals surface area contributed by atoms with Crippen molar-refractivity contribution in [2.75, 3.05) is 36.4 Å². The minimum Gasteiger partial charge on any atom is -0.368 e. The molecule has 1 N–H and O–H groups in total. The van der Waals surface area contributed by atoms with Crippen molar-refractivity contribution in [3.05, 3.63) is 23.8 Å². The molecule has 2 heterocycles. The number of aryl methyl sites for hydroxylation is 1. The van der Waals surface area contributed by atoms with Gasteiger partial charge in [0.25, 0.3) is 0 Å². The monoisotopic (exact) mass is 319 g/mol. The molecule has 3 rings (SSSR count). The Morgan fingerprint density at radius 2 is 1.82 bits per heavy atom. The number of piperazine rings is 1. The van der Waals surface area contributed by atoms with Gasteiger partial charge in [-0.3, -0.25) is 4.79 Å². The van der Waals surface area contributed by atoms with Crippen LogP contribution in [0.4, 0.5) is 11.4 Å². The largest absolute Gasteiger partial charge is 0.368 e. The van der Waals surface area contributed by atoms with Crippen LogP contribution in [0.1, 0.15) is 32.8 Å². The summed E-state index contributed by atoms with van der Waals surface area (Å²) in [7, 11) is 0. The van der Waals surface area contributed by atoms with Gasteiger partial charge < -0.3 is 15.1 Å². The zero-order chi connectivity index (χ0) is 16.1. The molecule has 0 bridgehead atoms. The first-order valence-corrected chi connectivity index (χ1v) is 8.47. The van der Waals surface area contributed by atoms with Crippen molar-refractivity contribution in [2.45, 2.75) is 33.6 Å². The second-order valence-corrected chi connectivity index (χ2v) is 5.88. The Bertz CT molecular complexity index is 551. The highest BCUT2D eigenvalue weighted by molar-refractivity contribution is 7.80. The van der Waals surface area contributed by atoms with Gasteiger partial charge in [0.1, 0.15) is 0 Å². The molecule has 22 heavy (non-hydrogen) atoms. The van der Waals surface area contributed by atoms with Gasteiger partial charge in [0.05, 0.1) is 4.99 Å². The van der Waals surface area contributed by atoms with Gasteiger partial charge in [-0.2, -0.15) is 0 Å². The number of carbonyl (C=O) groups is 1. The van der Waals surface area contributed by atoms with Gasteiger partial charge in [-0.25, -0.2) is 0 Å². The van der Waals surface area contributed by atoms with Crippen LogP contribution in [0, 0.1) is 0 Å². The second kappa shape index (κ2) is 7.58. The molecular weight excluding hydrogens is 294 g/mol. The van der Waals surface area contributed by atoms with Gasteiger partial charge in [0.15, 0.2) is 0 Å². The van der Waals surface area contributed by atoms with E-state index < -0.39 is 0 Å². The first kappa shape index (κ1) is 16.7. The third-order valence-electron chi connectivity index (χ3n) is 4.07. The van der Waals surface area contributed by atoms with Crippen molar-refractivity contribution < 1.29 is 4.79 Å². The number of hydrogen-bond acceptors (Lipinski definition) is 3. The van der Waals surface area contributed by atoms with Gasteiger partial charge in [-0.05, 0) is 30.2 Å². The molecule has 1 aromatic rings. The number of anilines is 2. The van der Waals surface area contributed by atoms with Crippen molar-refractivity contribution >= 4 is 34.5 Å². The molecular formula is C17H25N3OS. The maximum Gasteiger partial charge on any atom is 0.219 e. The average Bonchev–Trinajstić information content (AvgIpc) is 2.56. The summed E-state index contributed by atoms with van der Waals surface area (Å²) < 4.78 is 0. The predicted octanol–water partition coefficient (Wildman–Crippen LogP) is 3.07. The molecule has 1 saturated heterocycles. The summed E-state index contributed by atoms with van der Waals surface area (Å²) in [5.74, 6) is 0.174. The van der Waals surface area contributed by atoms with Crippen molar-refractivity contribution in [1.82, 2.24) is 4.90 Å². The first-order chi connectivity index (χ1) is 10.6. The number of thiocarbonyl (C=S) groups is 1. The van der Waals surface area contributed by atoms with Crippen molar-refractivity contribution in [3.63, 3.8) is 0 Å². The third-order valence-corrected chi connectivity index (χ3v) is 4.38. The maximum absolute atomic E-state index is 11.4. The summed E-state index contributed by atoms with van der Waals surface area (Å²) in [5.41, 5.74) is 3.74. The lowest BCUT2D eigenvalue weighted by Crippen LogP contribution is -2.48. The summed E-state index contributed by atoms with van der Waals surface area (Å²) in [6, 6.07) is 6.52. The number of benzene rings is 1. The minimum absolute atomic E-state index is 0.174. The van der Waals surface area contributed by atoms with E-state index in [1.165, 1.54) is 11.3 Å². The van der Waals surface area contributed by atoms with Crippen LogP contribution in [0.5, 0.6) is 0 Å². The Labute approximate surface area is 138 Å². The summed E-state index contributed by atoms with van der Waals surface area (Å²) in [6.45, 7) is 9.08. The zero-order valence-electron chi connectivity index (χ0n) is 13.7. The lowest BCUT2D eigenvalue weighted by atomic mass is 10.0. The highest BCUT2D eigenvalue weighted by atomic mass is 32.1. The van der Waals surface area contributed by atoms with E-state index in [1.54, 1.807) is 6.92 Å². The smallest absolute Gasteiger partial charge is 0.219 e. The van der Waals surface area contributed by atoms with E-state index in [0.29, 0.717) is 0 Å². The van der Waals surface area contributed by atoms with Crippen molar-refractivity contribution in [3.8, 4) is 0 Å². The molecule has 4 nitrogen and oxygen atoms in total. The second-order valence-electron chi connectivity index (χ2n) is 5.38. The molecule has 0 radical (unpaired) electrons. The molecule has 120 valence electrons. The summed E-state index contributed by atoms with van der Waals surface area (Å²) in [5, 5.41) is 3.27. The van der Waals surface area contributed by atoms with Crippen LogP contribution in [0.25, 0.3) is 0 Å². The van der Waals surface area contributed by atoms with Gasteiger partial charge in [-0.1, -0.05) is 26.1 Å². The van der Waals surface area contributed by atoms with Gasteiger partial charge in [0.2, 0.25) is 5.91 Å². The molecule has 2 aliphatic heterocycles. The molecule has 0 unspecified atom stereocenters. The number of fused-ring (bicyclic) bond motifs is 1. The normalized spacial score (nSPS) is 17.1. The topological polar surface area (TPSA) is 35.6 Å². The quantitative estimate of drug-likeness (QED) is 0.807. The molecule has 0 spiro atoms. The Morgan fingerprint density at radius 3 is 2.45 bits per heavy atom. The van der Waals surface area contributed by atoms with Crippen LogP contribution in [0.15, 0.2) is 18.2 Å². The summed E-state index contributed by atoms with van der Waals surface area (Å²) >= 11 is 5.22. The maximum atomic E-state index is 11.4. The molecule has 0 saturated carbocycles. The number of hydrogen-bond donors (Lipinski definition) is 1. The van der Waals surface area contributed by atoms with Crippen molar-refractivity contribution in [2.24, 2.45) is 0 Å². The Morgan fingerprint density at radius 1 is 1.14 bits per heavy atom. The average molecular weight is 319 g/mol. The third kappa shape index (κ3) is 3.77. The van der Waals surface area contributed by atoms with E-state index in [0.717, 1.165) is 49.7 Å². The Balaban J connectivity index is 0.000000847. The molecule has 0 aromatic heterocycles. The fraction of sp³-hybridized carbons (Fsp3) is 0.529. The van der Waals surface area contributed by atoms with Gasteiger partial charge >= 0.3 is 0 Å². The number of carbonyl (C=O) groups excluding carboxylic acids is 1. The molecule has 5 heteroatoms. The fourth-order valence-corrected chi connectivity index (χ4v) is 3.06. The molecule has 1 fully saturated rings. The van der Waals surface area contributed by atoms with Crippen LogP contribution >= 0.6 is 12.2 Å². The van der Waals surface area contributed by atoms with E-state index in [-0.39, 0.29) is 5.91 Å². The van der Waals surface area contributed by atoms with Gasteiger partial charge in [-0.15, -0.1) is 0 Å². The number of amides is 1. The van der Waals surface area contributed by atoms with E-state index in [1.807, 2.05) is 18.7 Å². The zero-order valence-corrected chi connectivity index (χ0v) is 14.5. The molecule has 1 amide bonds. The summed E-state index contributed by atoms with van der Waals surface area (Å²) in [4.78, 5) is 16.5. The van der Waals surface area contributed by atoms with Crippen LogP contribution < -0.4 is 10.2 Å². The first-order valence-electron chi connectivity index (χ1n) is 8.07. The molecule has 2 aliphatic rings. The highest BCUT2D eigenvalue weighted by Crippen LogP contribution is 2.28. The standard InChI is InChI=1S/C15H19N3OS.C2H6/c1-11(19)17-6-8-18(9-7-17)13-3-4-14-12(10-13)2-5-15(20)16-14;1-2/h3-4,10H,2,5-9H2,1H3,(H,16,20);1-2H3. The molecule has 0 atom stereocenters. The van der Waals surface area contributed by atoms with E-state index in [9.17, 15) is 4.79 Å². The Hall–Kier alpha value is -1.62. The number of nitrogens with zero attached hydrogens (tertiary/aromatic N) is 2. The summed E-state index contributed by atoms with van der Waals surface area (Å²) in [6.07, 6.45) is 1.95. The van der Waals surface area contributed by atoms with E-state index >= 15 is 0 Å². The van der Waals surface area contributed by atoms with Crippen LogP contribution in [-0.2, 0) is 11.2 Å². The van der Waals surface area contributed by atoms with Crippen LogP contribution in [-0.4, -0.2) is 42.0 Å². The lowest BCUT2D eigenvalue weighted by Gasteiger charge is -2.36. The number of rotatable bonds is 1. The van der Waals surface area contributed by atoms with E-state index in [4.69, 9.17) is 12.2 Å². The lowest BCUT2D eigenvalue weighted by molar-refractivity contribution is -0.129. The number of nitrogens with one attached hydrogen (secondary N) is 1. The van der Waals surface area contributed by atoms with Crippen LogP contribution in [0.3, 0.4) is 0 Å². The van der Waals surface area contributed by atoms with Crippen LogP contribution in [0.2, 0.25) is 0 Å². The highest BCUT2D eigenvalue weighted by Gasteiger charge is 2.20. The molecule has 1 aromatic carbocycles. The van der Waals surface area contributed by atoms with Crippen molar-refractivity contribution in [1.29, 1.82) is 0 Å². The van der Waals surface area contributed by atoms with Gasteiger partial charge in [0, 0.05) is 50.9 Å². The fourth-order valence-electron chi connectivity index (χ4n) is 2.85. The minimum atomic E-state index is 0.174.